The van der Waals surface area contributed by atoms with Crippen LogP contribution in [0.4, 0.5) is 57.3 Å². The molecule has 3 aromatic heterocycles. The number of carbonyl (C=O) groups is 1. The summed E-state index contributed by atoms with van der Waals surface area (Å²) >= 11 is 12.0. The highest BCUT2D eigenvalue weighted by Crippen LogP contribution is 2.28. The summed E-state index contributed by atoms with van der Waals surface area (Å²) in [4.78, 5) is 53.0. The van der Waals surface area contributed by atoms with E-state index in [4.69, 9.17) is 57.8 Å². The highest BCUT2D eigenvalue weighted by Gasteiger charge is 2.17. The Kier molecular flexibility index (Phi) is 15.3. The van der Waals surface area contributed by atoms with Gasteiger partial charge < -0.3 is 31.3 Å². The number of hydrogen-bond acceptors (Lipinski definition) is 16. The van der Waals surface area contributed by atoms with Gasteiger partial charge in [0.1, 0.15) is 5.60 Å². The van der Waals surface area contributed by atoms with Gasteiger partial charge in [0, 0.05) is 47.0 Å². The molecular formula is C42H49Cl2N15O2. The van der Waals surface area contributed by atoms with E-state index in [1.807, 2.05) is 81.4 Å². The van der Waals surface area contributed by atoms with Crippen LogP contribution in [0.25, 0.3) is 22.8 Å². The average molecular weight is 867 g/mol. The normalized spacial score (nSPS) is 11.1. The second kappa shape index (κ2) is 21.2. The van der Waals surface area contributed by atoms with E-state index in [-0.39, 0.29) is 16.5 Å². The number of halogens is 2. The second-order valence-electron chi connectivity index (χ2n) is 14.8. The largest absolute Gasteiger partial charge is 0.444 e. The topological polar surface area (TPSA) is 214 Å². The van der Waals surface area contributed by atoms with Crippen LogP contribution < -0.4 is 31.9 Å². The molecule has 318 valence electrons. The number of hydrogen-bond donors (Lipinski definition) is 6. The molecule has 6 N–H and O–H groups in total. The molecule has 0 atom stereocenters. The maximum absolute atomic E-state index is 12.5. The number of nitrogens with zero attached hydrogens (tertiary/aromatic N) is 9. The van der Waals surface area contributed by atoms with Crippen LogP contribution >= 0.6 is 23.2 Å². The lowest BCUT2D eigenvalue weighted by molar-refractivity contribution is 0.0636. The minimum atomic E-state index is -0.640. The van der Waals surface area contributed by atoms with E-state index < -0.39 is 11.7 Å². The third-order valence-electron chi connectivity index (χ3n) is 8.50. The minimum Gasteiger partial charge on any atom is -0.444 e. The van der Waals surface area contributed by atoms with Crippen LogP contribution in [-0.2, 0) is 4.74 Å². The molecule has 0 spiro atoms. The predicted octanol–water partition coefficient (Wildman–Crippen LogP) is 10.7. The highest BCUT2D eigenvalue weighted by molar-refractivity contribution is 6.31. The molecule has 3 heterocycles. The number of aromatic nitrogens is 9. The lowest BCUT2D eigenvalue weighted by atomic mass is 10.2. The number of rotatable bonds is 19. The van der Waals surface area contributed by atoms with Gasteiger partial charge in [0.15, 0.2) is 11.6 Å². The van der Waals surface area contributed by atoms with E-state index in [1.165, 1.54) is 0 Å². The fourth-order valence-corrected chi connectivity index (χ4v) is 6.13. The lowest BCUT2D eigenvalue weighted by Crippen LogP contribution is -2.27. The zero-order valence-corrected chi connectivity index (χ0v) is 36.2. The molecule has 0 fully saturated rings. The van der Waals surface area contributed by atoms with E-state index in [9.17, 15) is 4.79 Å². The molecule has 6 rings (SSSR count). The summed E-state index contributed by atoms with van der Waals surface area (Å²) in [6.07, 6.45) is 5.69. The van der Waals surface area contributed by atoms with Crippen molar-refractivity contribution in [3.63, 3.8) is 0 Å². The van der Waals surface area contributed by atoms with E-state index in [2.05, 4.69) is 60.7 Å². The summed E-state index contributed by atoms with van der Waals surface area (Å²) in [5.74, 6) is 2.53. The fraction of sp³-hybridized carbons (Fsp3) is 0.333. The Hall–Kier alpha value is -6.46. The molecule has 0 radical (unpaired) electrons. The molecule has 0 aliphatic rings. The summed E-state index contributed by atoms with van der Waals surface area (Å²) in [5.41, 5.74) is 3.35. The van der Waals surface area contributed by atoms with Crippen molar-refractivity contribution in [3.8, 4) is 22.8 Å². The minimum absolute atomic E-state index is 0.0284. The molecule has 3 aromatic carbocycles. The van der Waals surface area contributed by atoms with Crippen molar-refractivity contribution in [2.24, 2.45) is 0 Å². The van der Waals surface area contributed by atoms with Gasteiger partial charge in [-0.25, -0.2) is 4.79 Å². The van der Waals surface area contributed by atoms with Crippen molar-refractivity contribution in [2.45, 2.75) is 78.7 Å². The molecule has 0 bridgehead atoms. The summed E-state index contributed by atoms with van der Waals surface area (Å²) in [6.45, 7) is 11.1. The van der Waals surface area contributed by atoms with E-state index in [1.54, 1.807) is 12.1 Å². The Morgan fingerprint density at radius 2 is 0.967 bits per heavy atom. The zero-order valence-electron chi connectivity index (χ0n) is 34.7. The fourth-order valence-electron chi connectivity index (χ4n) is 5.77. The molecule has 0 saturated carbocycles. The molecule has 0 aliphatic heterocycles. The maximum Gasteiger partial charge on any atom is 0.412 e. The molecular weight excluding hydrogens is 817 g/mol. The summed E-state index contributed by atoms with van der Waals surface area (Å²) in [5, 5.41) is 19.2. The van der Waals surface area contributed by atoms with Crippen molar-refractivity contribution in [2.75, 3.05) is 45.0 Å². The van der Waals surface area contributed by atoms with Gasteiger partial charge in [0.25, 0.3) is 0 Å². The Bertz CT molecular complexity index is 2390. The van der Waals surface area contributed by atoms with Gasteiger partial charge in [-0.1, -0.05) is 69.9 Å². The van der Waals surface area contributed by atoms with Crippen molar-refractivity contribution in [3.05, 3.63) is 83.4 Å². The molecule has 0 aliphatic carbocycles. The van der Waals surface area contributed by atoms with Crippen molar-refractivity contribution in [1.29, 1.82) is 0 Å². The first-order valence-corrected chi connectivity index (χ1v) is 20.9. The molecule has 1 amide bonds. The van der Waals surface area contributed by atoms with Gasteiger partial charge in [0.05, 0.1) is 0 Å². The van der Waals surface area contributed by atoms with Crippen LogP contribution in [0.2, 0.25) is 10.6 Å². The van der Waals surface area contributed by atoms with Gasteiger partial charge in [-0.15, -0.1) is 0 Å². The zero-order chi connectivity index (χ0) is 43.2. The molecule has 19 heteroatoms. The van der Waals surface area contributed by atoms with Crippen LogP contribution in [0, 0.1) is 0 Å². The number of unbranched alkanes of at least 4 members (excludes halogenated alkanes) is 4. The van der Waals surface area contributed by atoms with Gasteiger partial charge in [-0.2, -0.15) is 44.9 Å². The van der Waals surface area contributed by atoms with E-state index in [0.29, 0.717) is 82.4 Å². The monoisotopic (exact) mass is 865 g/mol. The van der Waals surface area contributed by atoms with Crippen LogP contribution in [-0.4, -0.2) is 69.6 Å². The average Bonchev–Trinajstić information content (AvgIpc) is 3.20. The first kappa shape index (κ1) is 44.1. The quantitative estimate of drug-likeness (QED) is 0.0418. The first-order valence-electron chi connectivity index (χ1n) is 20.1. The van der Waals surface area contributed by atoms with Crippen molar-refractivity contribution < 1.29 is 9.53 Å². The summed E-state index contributed by atoms with van der Waals surface area (Å²) < 4.78 is 5.44. The number of nitrogens with one attached hydrogen (secondary N) is 6. The third-order valence-corrected chi connectivity index (χ3v) is 8.83. The van der Waals surface area contributed by atoms with E-state index in [0.717, 1.165) is 38.5 Å². The molecule has 61 heavy (non-hydrogen) atoms. The van der Waals surface area contributed by atoms with E-state index >= 15 is 0 Å². The van der Waals surface area contributed by atoms with Gasteiger partial charge in [-0.3, -0.25) is 5.32 Å². The molecule has 0 saturated heterocycles. The Balaban J connectivity index is 1.25. The summed E-state index contributed by atoms with van der Waals surface area (Å²) in [6, 6.07) is 22.3. The van der Waals surface area contributed by atoms with Crippen LogP contribution in [0.15, 0.2) is 72.8 Å². The first-order chi connectivity index (χ1) is 29.4. The number of ether oxygens (including phenoxy) is 1. The molecule has 6 aromatic rings. The molecule has 0 unspecified atom stereocenters. The van der Waals surface area contributed by atoms with Crippen molar-refractivity contribution in [1.82, 2.24) is 44.9 Å². The predicted molar refractivity (Wildman–Crippen MR) is 243 cm³/mol. The second-order valence-corrected chi connectivity index (χ2v) is 15.5. The standard InChI is InChI=1S/C42H49Cl2N15O2/c1-6-8-10-21-45-36-51-32(26-15-12-17-28(23-26)47-40-56-34(43)55-35(44)57-40)53-38(58-36)48-30-19-14-20-31(25-30)49-39-54-33(52-37(59-39)46-22-11-9-7-2)27-16-13-18-29(24-27)50-41(60)61-42(3,4)5/h12-20,23-25H,6-11,21-22H2,1-5H3,(H,50,60)(H,47,55,56,57)(H2,45,48,51,53,58)(H2,46,49,52,54,59). The Labute approximate surface area is 364 Å². The van der Waals surface area contributed by atoms with Gasteiger partial charge in [0.2, 0.25) is 40.3 Å². The van der Waals surface area contributed by atoms with Gasteiger partial charge in [-0.05, 0) is 99.3 Å². The van der Waals surface area contributed by atoms with Crippen molar-refractivity contribution >= 4 is 81.8 Å². The number of benzene rings is 3. The number of anilines is 9. The number of carbonyl (C=O) groups excluding carboxylic acids is 1. The lowest BCUT2D eigenvalue weighted by Gasteiger charge is -2.19. The summed E-state index contributed by atoms with van der Waals surface area (Å²) in [7, 11) is 0. The van der Waals surface area contributed by atoms with Crippen LogP contribution in [0.1, 0.15) is 73.1 Å². The Morgan fingerprint density at radius 1 is 0.541 bits per heavy atom. The number of amides is 1. The molecule has 17 nitrogen and oxygen atoms in total. The van der Waals surface area contributed by atoms with Crippen LogP contribution in [0.3, 0.4) is 0 Å². The van der Waals surface area contributed by atoms with Gasteiger partial charge >= 0.3 is 6.09 Å². The highest BCUT2D eigenvalue weighted by atomic mass is 35.5. The SMILES string of the molecule is CCCCCNc1nc(Nc2cccc(Nc3nc(NCCCCC)nc(-c4cccc(Nc5nc(Cl)nc(Cl)n5)c4)n3)c2)nc(-c2cccc(NC(=O)OC(C)(C)C)c2)n1. The maximum atomic E-state index is 12.5. The Morgan fingerprint density at radius 3 is 1.46 bits per heavy atom. The third kappa shape index (κ3) is 14.1. The van der Waals surface area contributed by atoms with Crippen LogP contribution in [0.5, 0.6) is 0 Å². The smallest absolute Gasteiger partial charge is 0.412 e.